The van der Waals surface area contributed by atoms with Gasteiger partial charge in [-0.3, -0.25) is 0 Å². The quantitative estimate of drug-likeness (QED) is 0.844. The molecule has 1 saturated heterocycles. The number of nitrogens with one attached hydrogen (secondary N) is 1. The number of piperidine rings is 1. The van der Waals surface area contributed by atoms with Crippen LogP contribution in [0, 0.1) is 23.2 Å². The third-order valence-electron chi connectivity index (χ3n) is 5.34. The number of allylic oxidation sites excluding steroid dienone is 2. The van der Waals surface area contributed by atoms with Crippen LogP contribution in [0.4, 0.5) is 0 Å². The third-order valence-corrected chi connectivity index (χ3v) is 5.34. The van der Waals surface area contributed by atoms with E-state index in [0.717, 1.165) is 23.8 Å². The Balaban J connectivity index is 1.46. The molecule has 1 fully saturated rings. The van der Waals surface area contributed by atoms with Gasteiger partial charge in [0.05, 0.1) is 11.6 Å². The number of aryl methyl sites for hydroxylation is 1. The van der Waals surface area contributed by atoms with Crippen molar-refractivity contribution in [1.29, 1.82) is 5.26 Å². The van der Waals surface area contributed by atoms with Crippen molar-refractivity contribution in [2.45, 2.75) is 44.9 Å². The Labute approximate surface area is 134 Å². The van der Waals surface area contributed by atoms with E-state index in [2.05, 4.69) is 29.6 Å². The molecule has 0 saturated carbocycles. The highest BCUT2D eigenvalue weighted by Crippen LogP contribution is 2.34. The van der Waals surface area contributed by atoms with Crippen molar-refractivity contribution in [2.24, 2.45) is 11.8 Å². The maximum absolute atomic E-state index is 8.83. The van der Waals surface area contributed by atoms with Crippen LogP contribution in [0.2, 0.25) is 0 Å². The molecule has 1 aromatic carbocycles. The third kappa shape index (κ3) is 3.99. The molecule has 1 aliphatic heterocycles. The van der Waals surface area contributed by atoms with Gasteiger partial charge in [-0.1, -0.05) is 23.8 Å². The summed E-state index contributed by atoms with van der Waals surface area (Å²) in [4.78, 5) is 0. The molecule has 3 rings (SSSR count). The molecule has 2 heteroatoms. The molecule has 1 aliphatic carbocycles. The van der Waals surface area contributed by atoms with Crippen LogP contribution in [0.25, 0.3) is 0 Å². The highest BCUT2D eigenvalue weighted by molar-refractivity contribution is 5.31. The first-order valence-electron chi connectivity index (χ1n) is 8.74. The maximum Gasteiger partial charge on any atom is 0.0991 e. The Morgan fingerprint density at radius 2 is 1.86 bits per heavy atom. The zero-order valence-electron chi connectivity index (χ0n) is 13.4. The summed E-state index contributed by atoms with van der Waals surface area (Å²) in [7, 11) is 0. The number of nitrogens with zero attached hydrogens (tertiary/aromatic N) is 1. The minimum atomic E-state index is 0.760. The molecule has 0 aromatic heterocycles. The summed E-state index contributed by atoms with van der Waals surface area (Å²) < 4.78 is 0. The molecule has 0 amide bonds. The Kier molecular flexibility index (Phi) is 5.29. The van der Waals surface area contributed by atoms with Gasteiger partial charge in [-0.15, -0.1) is 0 Å². The summed E-state index contributed by atoms with van der Waals surface area (Å²) in [5, 5.41) is 12.3. The summed E-state index contributed by atoms with van der Waals surface area (Å²) in [6.45, 7) is 2.40. The molecule has 1 aromatic rings. The van der Waals surface area contributed by atoms with Gasteiger partial charge in [-0.2, -0.15) is 5.26 Å². The van der Waals surface area contributed by atoms with Crippen LogP contribution < -0.4 is 5.32 Å². The van der Waals surface area contributed by atoms with Crippen molar-refractivity contribution >= 4 is 0 Å². The minimum Gasteiger partial charge on any atom is -0.317 e. The number of benzene rings is 1. The summed E-state index contributed by atoms with van der Waals surface area (Å²) in [6, 6.07) is 10.3. The second-order valence-electron chi connectivity index (χ2n) is 6.79. The van der Waals surface area contributed by atoms with Gasteiger partial charge in [-0.05, 0) is 87.6 Å². The van der Waals surface area contributed by atoms with E-state index < -0.39 is 0 Å². The van der Waals surface area contributed by atoms with Crippen LogP contribution in [-0.2, 0) is 6.42 Å². The van der Waals surface area contributed by atoms with Crippen LogP contribution >= 0.6 is 0 Å². The summed E-state index contributed by atoms with van der Waals surface area (Å²) in [5.41, 5.74) is 3.87. The Bertz CT molecular complexity index is 544. The first-order valence-corrected chi connectivity index (χ1v) is 8.74. The number of hydrogen-bond donors (Lipinski definition) is 1. The highest BCUT2D eigenvalue weighted by Gasteiger charge is 2.21. The van der Waals surface area contributed by atoms with Gasteiger partial charge in [0.2, 0.25) is 0 Å². The molecule has 1 N–H and O–H groups in total. The average molecular weight is 294 g/mol. The van der Waals surface area contributed by atoms with Crippen molar-refractivity contribution in [1.82, 2.24) is 5.32 Å². The van der Waals surface area contributed by atoms with Crippen molar-refractivity contribution in [3.05, 3.63) is 47.0 Å². The lowest BCUT2D eigenvalue weighted by Crippen LogP contribution is -2.29. The Morgan fingerprint density at radius 3 is 2.50 bits per heavy atom. The number of nitriles is 1. The van der Waals surface area contributed by atoms with E-state index in [1.807, 2.05) is 12.1 Å². The lowest BCUT2D eigenvalue weighted by atomic mass is 9.79. The fourth-order valence-electron chi connectivity index (χ4n) is 3.85. The van der Waals surface area contributed by atoms with Crippen LogP contribution in [-0.4, -0.2) is 13.1 Å². The molecule has 2 nitrogen and oxygen atoms in total. The van der Waals surface area contributed by atoms with Crippen molar-refractivity contribution in [3.8, 4) is 6.07 Å². The molecule has 116 valence electrons. The van der Waals surface area contributed by atoms with Gasteiger partial charge in [0, 0.05) is 0 Å². The van der Waals surface area contributed by atoms with E-state index in [1.165, 1.54) is 57.2 Å². The van der Waals surface area contributed by atoms with Gasteiger partial charge in [-0.25, -0.2) is 0 Å². The monoisotopic (exact) mass is 294 g/mol. The largest absolute Gasteiger partial charge is 0.317 e. The van der Waals surface area contributed by atoms with Crippen molar-refractivity contribution < 1.29 is 0 Å². The van der Waals surface area contributed by atoms with Crippen LogP contribution in [0.5, 0.6) is 0 Å². The van der Waals surface area contributed by atoms with Crippen molar-refractivity contribution in [2.75, 3.05) is 13.1 Å². The van der Waals surface area contributed by atoms with Gasteiger partial charge < -0.3 is 5.32 Å². The fourth-order valence-corrected chi connectivity index (χ4v) is 3.85. The van der Waals surface area contributed by atoms with E-state index in [9.17, 15) is 0 Å². The van der Waals surface area contributed by atoms with E-state index >= 15 is 0 Å². The number of rotatable bonds is 4. The summed E-state index contributed by atoms with van der Waals surface area (Å²) >= 11 is 0. The van der Waals surface area contributed by atoms with E-state index in [0.29, 0.717) is 0 Å². The molecule has 0 spiro atoms. The first kappa shape index (κ1) is 15.3. The highest BCUT2D eigenvalue weighted by atomic mass is 14.9. The Morgan fingerprint density at radius 1 is 1.09 bits per heavy atom. The van der Waals surface area contributed by atoms with Crippen molar-refractivity contribution in [3.63, 3.8) is 0 Å². The lowest BCUT2D eigenvalue weighted by Gasteiger charge is -2.30. The number of hydrogen-bond acceptors (Lipinski definition) is 2. The molecule has 2 aliphatic rings. The first-order chi connectivity index (χ1) is 10.8. The lowest BCUT2D eigenvalue weighted by molar-refractivity contribution is 0.372. The van der Waals surface area contributed by atoms with Gasteiger partial charge in [0.1, 0.15) is 0 Å². The predicted octanol–water partition coefficient (Wildman–Crippen LogP) is 4.22. The molecule has 1 heterocycles. The maximum atomic E-state index is 8.83. The van der Waals surface area contributed by atoms with Gasteiger partial charge in [0.15, 0.2) is 0 Å². The normalized spacial score (nSPS) is 22.9. The zero-order chi connectivity index (χ0) is 15.2. The second-order valence-corrected chi connectivity index (χ2v) is 6.79. The van der Waals surface area contributed by atoms with E-state index in [-0.39, 0.29) is 0 Å². The SMILES string of the molecule is N#Cc1ccc(CCC2CC=C(C3CCNCC3)CC2)cc1. The van der Waals surface area contributed by atoms with Crippen LogP contribution in [0.15, 0.2) is 35.9 Å². The molecular weight excluding hydrogens is 268 g/mol. The molecular formula is C20H26N2. The van der Waals surface area contributed by atoms with E-state index in [1.54, 1.807) is 5.57 Å². The Hall–Kier alpha value is -1.59. The average Bonchev–Trinajstić information content (AvgIpc) is 2.61. The standard InChI is InChI=1S/C20H26N2/c21-15-18-5-3-16(4-6-18)1-2-17-7-9-19(10-8-17)20-11-13-22-14-12-20/h3-6,9,17,20,22H,1-2,7-8,10-14H2. The van der Waals surface area contributed by atoms with E-state index in [4.69, 9.17) is 5.26 Å². The topological polar surface area (TPSA) is 35.8 Å². The summed E-state index contributed by atoms with van der Waals surface area (Å²) in [5.74, 6) is 1.71. The molecule has 1 unspecified atom stereocenters. The second kappa shape index (κ2) is 7.61. The molecule has 1 atom stereocenters. The molecule has 0 radical (unpaired) electrons. The molecule has 0 bridgehead atoms. The minimum absolute atomic E-state index is 0.760. The fraction of sp³-hybridized carbons (Fsp3) is 0.550. The summed E-state index contributed by atoms with van der Waals surface area (Å²) in [6.07, 6.45) is 11.6. The van der Waals surface area contributed by atoms with Gasteiger partial charge in [0.25, 0.3) is 0 Å². The van der Waals surface area contributed by atoms with Gasteiger partial charge >= 0.3 is 0 Å². The smallest absolute Gasteiger partial charge is 0.0991 e. The molecule has 22 heavy (non-hydrogen) atoms. The van der Waals surface area contributed by atoms with Crippen LogP contribution in [0.1, 0.15) is 49.7 Å². The van der Waals surface area contributed by atoms with Crippen LogP contribution in [0.3, 0.4) is 0 Å². The zero-order valence-corrected chi connectivity index (χ0v) is 13.4. The predicted molar refractivity (Wildman–Crippen MR) is 90.5 cm³/mol.